The van der Waals surface area contributed by atoms with E-state index in [-0.39, 0.29) is 6.61 Å². The minimum atomic E-state index is -1.71. The van der Waals surface area contributed by atoms with Crippen LogP contribution >= 0.6 is 0 Å². The van der Waals surface area contributed by atoms with Crippen LogP contribution in [0.15, 0.2) is 34.9 Å². The molecule has 2 saturated heterocycles. The Balaban J connectivity index is 1.88. The highest BCUT2D eigenvalue weighted by Crippen LogP contribution is 2.29. The predicted molar refractivity (Wildman–Crippen MR) is 138 cm³/mol. The van der Waals surface area contributed by atoms with Gasteiger partial charge in [-0.2, -0.15) is 0 Å². The summed E-state index contributed by atoms with van der Waals surface area (Å²) < 4.78 is 22.1. The summed E-state index contributed by atoms with van der Waals surface area (Å²) in [5.74, 6) is 0. The monoisotopic (exact) mass is 546 g/mol. The first-order chi connectivity index (χ1) is 18.0. The molecule has 0 aliphatic carbocycles. The quantitative estimate of drug-likeness (QED) is 0.155. The molecule has 0 bridgehead atoms. The summed E-state index contributed by atoms with van der Waals surface area (Å²) in [5, 5.41) is 70.5. The van der Waals surface area contributed by atoms with E-state index in [1.165, 1.54) is 11.1 Å². The van der Waals surface area contributed by atoms with Crippen LogP contribution in [0.25, 0.3) is 0 Å². The molecule has 11 heteroatoms. The second-order valence-electron chi connectivity index (χ2n) is 10.3. The summed E-state index contributed by atoms with van der Waals surface area (Å²) in [7, 11) is 0. The molecule has 7 N–H and O–H groups in total. The van der Waals surface area contributed by atoms with Gasteiger partial charge in [-0.05, 0) is 53.4 Å². The van der Waals surface area contributed by atoms with Crippen LogP contribution in [0.5, 0.6) is 0 Å². The van der Waals surface area contributed by atoms with Crippen molar-refractivity contribution in [2.45, 2.75) is 115 Å². The summed E-state index contributed by atoms with van der Waals surface area (Å²) in [6.07, 6.45) is -4.56. The van der Waals surface area contributed by atoms with Crippen LogP contribution in [0.3, 0.4) is 0 Å². The summed E-state index contributed by atoms with van der Waals surface area (Å²) in [6, 6.07) is 0. The number of hydrogen-bond acceptors (Lipinski definition) is 11. The van der Waals surface area contributed by atoms with Crippen LogP contribution in [-0.4, -0.2) is 117 Å². The minimum Gasteiger partial charge on any atom is -0.394 e. The number of allylic oxidation sites excluding steroid dienone is 5. The zero-order chi connectivity index (χ0) is 28.4. The molecule has 2 fully saturated rings. The second-order valence-corrected chi connectivity index (χ2v) is 10.3. The van der Waals surface area contributed by atoms with Crippen molar-refractivity contribution in [3.8, 4) is 0 Å². The number of ether oxygens (including phenoxy) is 4. The number of aliphatic hydroxyl groups is 7. The smallest absolute Gasteiger partial charge is 0.187 e. The molecular weight excluding hydrogens is 500 g/mol. The van der Waals surface area contributed by atoms with Crippen LogP contribution in [0.1, 0.15) is 53.4 Å². The third kappa shape index (κ3) is 9.46. The van der Waals surface area contributed by atoms with Gasteiger partial charge >= 0.3 is 0 Å². The van der Waals surface area contributed by atoms with Crippen molar-refractivity contribution in [2.24, 2.45) is 0 Å². The van der Waals surface area contributed by atoms with Crippen molar-refractivity contribution < 1.29 is 54.7 Å². The van der Waals surface area contributed by atoms with Crippen LogP contribution in [0.2, 0.25) is 0 Å². The maximum absolute atomic E-state index is 10.7. The van der Waals surface area contributed by atoms with Gasteiger partial charge in [-0.1, -0.05) is 34.9 Å². The molecule has 10 atom stereocenters. The fourth-order valence-electron chi connectivity index (χ4n) is 4.32. The lowest BCUT2D eigenvalue weighted by atomic mass is 9.97. The van der Waals surface area contributed by atoms with Crippen molar-refractivity contribution in [1.82, 2.24) is 0 Å². The Bertz CT molecular complexity index is 790. The van der Waals surface area contributed by atoms with E-state index in [4.69, 9.17) is 18.9 Å². The Kier molecular flexibility index (Phi) is 14.0. The molecule has 0 aromatic carbocycles. The molecule has 0 saturated carbocycles. The molecule has 38 heavy (non-hydrogen) atoms. The van der Waals surface area contributed by atoms with Gasteiger partial charge < -0.3 is 54.7 Å². The van der Waals surface area contributed by atoms with E-state index in [0.717, 1.165) is 31.3 Å². The maximum Gasteiger partial charge on any atom is 0.187 e. The van der Waals surface area contributed by atoms with E-state index < -0.39 is 74.6 Å². The Morgan fingerprint density at radius 1 is 0.658 bits per heavy atom. The van der Waals surface area contributed by atoms with Gasteiger partial charge in [0.2, 0.25) is 0 Å². The van der Waals surface area contributed by atoms with Crippen molar-refractivity contribution in [3.05, 3.63) is 34.9 Å². The first-order valence-corrected chi connectivity index (χ1v) is 13.1. The highest BCUT2D eigenvalue weighted by molar-refractivity contribution is 5.05. The topological polar surface area (TPSA) is 179 Å². The maximum atomic E-state index is 10.7. The van der Waals surface area contributed by atoms with E-state index in [1.807, 2.05) is 13.0 Å². The fourth-order valence-corrected chi connectivity index (χ4v) is 4.32. The standard InChI is InChI=1S/C27H46O11/c1-15(2)7-5-8-16(3)9-6-10-17(4)11-12-35-26-24(34)22(32)25(19(14-29)37-26)38-27-23(33)21(31)20(30)18(13-28)36-27/h7,9,11,18-34H,5-6,8,10,12-14H2,1-4H3/b16-9-,17-11+/t18?,19?,20-,21+,22-,23?,24?,25-,26-,27+/m1/s1. The number of hydrogen-bond donors (Lipinski definition) is 7. The Hall–Kier alpha value is -1.22. The van der Waals surface area contributed by atoms with Crippen molar-refractivity contribution in [2.75, 3.05) is 19.8 Å². The lowest BCUT2D eigenvalue weighted by Gasteiger charge is -2.45. The van der Waals surface area contributed by atoms with Gasteiger partial charge in [0, 0.05) is 0 Å². The summed E-state index contributed by atoms with van der Waals surface area (Å²) in [5.41, 5.74) is 3.75. The van der Waals surface area contributed by atoms with E-state index >= 15 is 0 Å². The Labute approximate surface area is 224 Å². The molecule has 11 nitrogen and oxygen atoms in total. The molecular formula is C27H46O11. The molecule has 0 aromatic rings. The summed E-state index contributed by atoms with van der Waals surface area (Å²) in [4.78, 5) is 0. The van der Waals surface area contributed by atoms with Crippen LogP contribution in [-0.2, 0) is 18.9 Å². The second kappa shape index (κ2) is 16.1. The molecule has 2 aliphatic rings. The first kappa shape index (κ1) is 33.0. The zero-order valence-electron chi connectivity index (χ0n) is 22.7. The normalized spacial score (nSPS) is 36.8. The van der Waals surface area contributed by atoms with Gasteiger partial charge in [0.05, 0.1) is 19.8 Å². The van der Waals surface area contributed by atoms with E-state index in [1.54, 1.807) is 0 Å². The van der Waals surface area contributed by atoms with Gasteiger partial charge in [0.15, 0.2) is 12.6 Å². The van der Waals surface area contributed by atoms with Crippen LogP contribution in [0.4, 0.5) is 0 Å². The first-order valence-electron chi connectivity index (χ1n) is 13.1. The Morgan fingerprint density at radius 3 is 1.82 bits per heavy atom. The highest BCUT2D eigenvalue weighted by Gasteiger charge is 2.50. The lowest BCUT2D eigenvalue weighted by molar-refractivity contribution is -0.358. The zero-order valence-corrected chi connectivity index (χ0v) is 22.7. The largest absolute Gasteiger partial charge is 0.394 e. The molecule has 0 radical (unpaired) electrons. The fraction of sp³-hybridized carbons (Fsp3) is 0.778. The Morgan fingerprint density at radius 2 is 1.21 bits per heavy atom. The molecule has 2 aliphatic heterocycles. The minimum absolute atomic E-state index is 0.111. The van der Waals surface area contributed by atoms with Crippen LogP contribution in [0, 0.1) is 0 Å². The SMILES string of the molecule is CC(C)=CCC/C(C)=C\CC/C(C)=C/CO[C@@H]1OC(CO)[C@@H](O[C@@H]2OC(CO)[C@@H](O)[C@H](O)C2O)[C@H](O)C1O. The van der Waals surface area contributed by atoms with E-state index in [0.29, 0.717) is 0 Å². The predicted octanol–water partition coefficient (Wildman–Crippen LogP) is 0.0463. The molecule has 2 rings (SSSR count). The van der Waals surface area contributed by atoms with Gasteiger partial charge in [0.1, 0.15) is 48.8 Å². The molecule has 0 amide bonds. The van der Waals surface area contributed by atoms with Gasteiger partial charge in [-0.15, -0.1) is 0 Å². The molecule has 2 heterocycles. The van der Waals surface area contributed by atoms with Crippen molar-refractivity contribution in [3.63, 3.8) is 0 Å². The molecule has 0 spiro atoms. The van der Waals surface area contributed by atoms with Gasteiger partial charge in [0.25, 0.3) is 0 Å². The van der Waals surface area contributed by atoms with Crippen LogP contribution < -0.4 is 0 Å². The average Bonchev–Trinajstić information content (AvgIpc) is 2.87. The van der Waals surface area contributed by atoms with Gasteiger partial charge in [-0.3, -0.25) is 0 Å². The molecule has 220 valence electrons. The lowest BCUT2D eigenvalue weighted by Crippen LogP contribution is -2.64. The third-order valence-corrected chi connectivity index (χ3v) is 6.78. The summed E-state index contributed by atoms with van der Waals surface area (Å²) >= 11 is 0. The average molecular weight is 547 g/mol. The van der Waals surface area contributed by atoms with E-state index in [2.05, 4.69) is 32.9 Å². The molecule has 0 aromatic heterocycles. The van der Waals surface area contributed by atoms with Crippen molar-refractivity contribution in [1.29, 1.82) is 0 Å². The van der Waals surface area contributed by atoms with Crippen molar-refractivity contribution >= 4 is 0 Å². The number of aliphatic hydroxyl groups excluding tert-OH is 7. The van der Waals surface area contributed by atoms with Gasteiger partial charge in [-0.25, -0.2) is 0 Å². The highest BCUT2D eigenvalue weighted by atomic mass is 16.7. The molecule has 4 unspecified atom stereocenters. The summed E-state index contributed by atoms with van der Waals surface area (Å²) in [6.45, 7) is 7.13. The van der Waals surface area contributed by atoms with E-state index in [9.17, 15) is 35.7 Å². The third-order valence-electron chi connectivity index (χ3n) is 6.78. The number of rotatable bonds is 13.